The number of hydrogen-bond acceptors (Lipinski definition) is 10. The van der Waals surface area contributed by atoms with Crippen molar-refractivity contribution in [2.45, 2.75) is 26.8 Å². The predicted molar refractivity (Wildman–Crippen MR) is 117 cm³/mol. The lowest BCUT2D eigenvalue weighted by Crippen LogP contribution is -2.30. The number of carbonyl (C=O) groups is 2. The molecule has 3 heterocycles. The van der Waals surface area contributed by atoms with Crippen molar-refractivity contribution in [1.29, 1.82) is 0 Å². The van der Waals surface area contributed by atoms with Crippen LogP contribution in [0.3, 0.4) is 0 Å². The Morgan fingerprint density at radius 2 is 2.12 bits per heavy atom. The lowest BCUT2D eigenvalue weighted by Gasteiger charge is -2.15. The fraction of sp³-hybridized carbons (Fsp3) is 0.333. The largest absolute Gasteiger partial charge is 0.481 e. The van der Waals surface area contributed by atoms with Gasteiger partial charge in [-0.1, -0.05) is 18.2 Å². The van der Waals surface area contributed by atoms with Gasteiger partial charge in [-0.3, -0.25) is 14.9 Å². The molecular weight excluding hydrogens is 439 g/mol. The van der Waals surface area contributed by atoms with Gasteiger partial charge in [0.15, 0.2) is 18.8 Å². The van der Waals surface area contributed by atoms with E-state index in [1.807, 2.05) is 0 Å². The highest BCUT2D eigenvalue weighted by Crippen LogP contribution is 2.22. The Balaban J connectivity index is 1.78. The number of hydrogen-bond donors (Lipinski definition) is 2. The van der Waals surface area contributed by atoms with Crippen molar-refractivity contribution in [1.82, 2.24) is 20.0 Å². The fourth-order valence-electron chi connectivity index (χ4n) is 2.65. The molecule has 0 aliphatic rings. The summed E-state index contributed by atoms with van der Waals surface area (Å²) < 4.78 is 17.1. The van der Waals surface area contributed by atoms with Gasteiger partial charge in [0.1, 0.15) is 11.9 Å². The van der Waals surface area contributed by atoms with Gasteiger partial charge in [-0.2, -0.15) is 9.78 Å². The van der Waals surface area contributed by atoms with Crippen LogP contribution in [0.15, 0.2) is 27.5 Å². The lowest BCUT2D eigenvalue weighted by molar-refractivity contribution is -0.114. The first-order chi connectivity index (χ1) is 15.3. The number of nitrogens with zero attached hydrogens (tertiary/aromatic N) is 4. The normalized spacial score (nSPS) is 11.6. The summed E-state index contributed by atoms with van der Waals surface area (Å²) in [6, 6.07) is 2.99. The van der Waals surface area contributed by atoms with Gasteiger partial charge in [-0.25, -0.2) is 4.79 Å². The average molecular weight is 459 g/mol. The fourth-order valence-corrected chi connectivity index (χ4v) is 3.37. The number of ether oxygens (including phenoxy) is 2. The first kappa shape index (κ1) is 23.2. The van der Waals surface area contributed by atoms with Crippen molar-refractivity contribution in [2.75, 3.05) is 24.4 Å². The standard InChI is InChI=1S/C18H20BN6O6S/c1-9(8-29-4)30-14-11(19-3)7-12(31-16(14)28)15(27)22-17-23-24-18(32-17)25-13(5-6-20-25)21-10(2)26/h5-7,9H,8H2,1-4H3,(H,21,26)(H,22,23,27)/t9-/m1/s1. The number of rotatable bonds is 9. The van der Waals surface area contributed by atoms with Gasteiger partial charge in [-0.05, 0) is 18.5 Å². The molecule has 1 radical (unpaired) electrons. The SMILES string of the molecule is C[B]c1cc(C(=O)Nc2nnc(-n3nccc3NC(C)=O)s2)oc(=O)c1O[C@H](C)COC. The Morgan fingerprint density at radius 3 is 2.81 bits per heavy atom. The molecule has 2 N–H and O–H groups in total. The van der Waals surface area contributed by atoms with Gasteiger partial charge < -0.3 is 19.2 Å². The number of amides is 2. The Bertz CT molecular complexity index is 1170. The third-order valence-corrected chi connectivity index (χ3v) is 4.77. The molecule has 12 nitrogen and oxygen atoms in total. The second-order valence-electron chi connectivity index (χ2n) is 6.51. The summed E-state index contributed by atoms with van der Waals surface area (Å²) in [5, 5.41) is 17.5. The molecule has 2 amide bonds. The van der Waals surface area contributed by atoms with Crippen LogP contribution >= 0.6 is 11.3 Å². The third-order valence-electron chi connectivity index (χ3n) is 3.95. The van der Waals surface area contributed by atoms with Crippen LogP contribution in [-0.4, -0.2) is 58.9 Å². The van der Waals surface area contributed by atoms with Gasteiger partial charge in [0, 0.05) is 20.1 Å². The molecule has 0 fully saturated rings. The number of carbonyl (C=O) groups excluding carboxylic acids is 2. The van der Waals surface area contributed by atoms with Crippen LogP contribution in [0, 0.1) is 0 Å². The zero-order valence-corrected chi connectivity index (χ0v) is 18.6. The van der Waals surface area contributed by atoms with Crippen molar-refractivity contribution in [2.24, 2.45) is 0 Å². The molecule has 1 atom stereocenters. The van der Waals surface area contributed by atoms with Gasteiger partial charge in [-0.15, -0.1) is 10.2 Å². The molecule has 167 valence electrons. The van der Waals surface area contributed by atoms with Crippen LogP contribution < -0.4 is 26.5 Å². The minimum absolute atomic E-state index is 0.00372. The molecule has 3 aromatic rings. The first-order valence-corrected chi connectivity index (χ1v) is 10.2. The van der Waals surface area contributed by atoms with E-state index in [-0.39, 0.29) is 35.3 Å². The number of nitrogens with one attached hydrogen (secondary N) is 2. The van der Waals surface area contributed by atoms with Crippen LogP contribution in [0.4, 0.5) is 10.9 Å². The van der Waals surface area contributed by atoms with E-state index in [1.165, 1.54) is 31.0 Å². The molecular formula is C18H20BN6O6S. The topological polar surface area (TPSA) is 150 Å². The van der Waals surface area contributed by atoms with E-state index in [9.17, 15) is 14.4 Å². The van der Waals surface area contributed by atoms with Crippen molar-refractivity contribution in [3.05, 3.63) is 34.5 Å². The van der Waals surface area contributed by atoms with Crippen molar-refractivity contribution in [3.63, 3.8) is 0 Å². The molecule has 0 aliphatic heterocycles. The van der Waals surface area contributed by atoms with Gasteiger partial charge in [0.25, 0.3) is 5.91 Å². The van der Waals surface area contributed by atoms with E-state index in [0.717, 1.165) is 11.3 Å². The number of anilines is 2. The molecule has 0 saturated heterocycles. The van der Waals surface area contributed by atoms with Crippen LogP contribution in [-0.2, 0) is 9.53 Å². The van der Waals surface area contributed by atoms with Crippen LogP contribution in [0.25, 0.3) is 5.13 Å². The monoisotopic (exact) mass is 459 g/mol. The summed E-state index contributed by atoms with van der Waals surface area (Å²) in [5.74, 6) is -0.779. The minimum Gasteiger partial charge on any atom is -0.481 e. The predicted octanol–water partition coefficient (Wildman–Crippen LogP) is 0.679. The summed E-state index contributed by atoms with van der Waals surface area (Å²) in [6.07, 6.45) is 1.10. The molecule has 0 bridgehead atoms. The third kappa shape index (κ3) is 5.39. The van der Waals surface area contributed by atoms with Crippen molar-refractivity contribution in [3.8, 4) is 10.9 Å². The molecule has 14 heteroatoms. The molecule has 0 spiro atoms. The Kier molecular flexibility index (Phi) is 7.38. The smallest absolute Gasteiger partial charge is 0.378 e. The van der Waals surface area contributed by atoms with E-state index in [2.05, 4.69) is 25.9 Å². The zero-order chi connectivity index (χ0) is 23.3. The van der Waals surface area contributed by atoms with Crippen LogP contribution in [0.5, 0.6) is 5.75 Å². The van der Waals surface area contributed by atoms with E-state index < -0.39 is 11.5 Å². The molecule has 3 aromatic heterocycles. The number of aromatic nitrogens is 4. The molecule has 32 heavy (non-hydrogen) atoms. The van der Waals surface area contributed by atoms with Gasteiger partial charge >= 0.3 is 5.63 Å². The lowest BCUT2D eigenvalue weighted by atomic mass is 9.73. The molecule has 3 rings (SSSR count). The summed E-state index contributed by atoms with van der Waals surface area (Å²) in [6.45, 7) is 5.10. The van der Waals surface area contributed by atoms with Crippen molar-refractivity contribution < 1.29 is 23.5 Å². The highest BCUT2D eigenvalue weighted by Gasteiger charge is 2.20. The average Bonchev–Trinajstić information content (AvgIpc) is 3.38. The summed E-state index contributed by atoms with van der Waals surface area (Å²) >= 11 is 1.01. The van der Waals surface area contributed by atoms with Gasteiger partial charge in [0.2, 0.25) is 16.2 Å². The Labute approximate surface area is 187 Å². The highest BCUT2D eigenvalue weighted by molar-refractivity contribution is 7.17. The van der Waals surface area contributed by atoms with E-state index in [4.69, 9.17) is 13.9 Å². The summed E-state index contributed by atoms with van der Waals surface area (Å²) in [5.41, 5.74) is -0.382. The summed E-state index contributed by atoms with van der Waals surface area (Å²) in [4.78, 5) is 36.3. The molecule has 0 aromatic carbocycles. The maximum absolute atomic E-state index is 12.6. The van der Waals surface area contributed by atoms with E-state index in [0.29, 0.717) is 16.4 Å². The van der Waals surface area contributed by atoms with Crippen LogP contribution in [0.2, 0.25) is 6.82 Å². The zero-order valence-electron chi connectivity index (χ0n) is 17.7. The second kappa shape index (κ2) is 10.2. The Morgan fingerprint density at radius 1 is 1.34 bits per heavy atom. The second-order valence-corrected chi connectivity index (χ2v) is 7.46. The molecule has 0 unspecified atom stereocenters. The number of methoxy groups -OCH3 is 1. The van der Waals surface area contributed by atoms with E-state index >= 15 is 0 Å². The molecule has 0 aliphatic carbocycles. The minimum atomic E-state index is -0.789. The molecule has 0 saturated carbocycles. The van der Waals surface area contributed by atoms with E-state index in [1.54, 1.807) is 27.1 Å². The van der Waals surface area contributed by atoms with Crippen LogP contribution in [0.1, 0.15) is 24.4 Å². The Hall–Kier alpha value is -3.52. The van der Waals surface area contributed by atoms with Gasteiger partial charge in [0.05, 0.1) is 12.8 Å². The maximum atomic E-state index is 12.6. The first-order valence-electron chi connectivity index (χ1n) is 9.42. The highest BCUT2D eigenvalue weighted by atomic mass is 32.1. The van der Waals surface area contributed by atoms with Crippen molar-refractivity contribution >= 4 is 46.8 Å². The summed E-state index contributed by atoms with van der Waals surface area (Å²) in [7, 11) is 3.15. The maximum Gasteiger partial charge on any atom is 0.378 e. The quantitative estimate of drug-likeness (QED) is 0.440.